The molecule has 3 rings (SSSR count). The summed E-state index contributed by atoms with van der Waals surface area (Å²) in [7, 11) is 1.37. The van der Waals surface area contributed by atoms with Crippen LogP contribution in [0.5, 0.6) is 5.75 Å². The van der Waals surface area contributed by atoms with Crippen LogP contribution in [0.25, 0.3) is 22.3 Å². The van der Waals surface area contributed by atoms with E-state index >= 15 is 0 Å². The third kappa shape index (κ3) is 2.40. The molecule has 106 valence electrons. The van der Waals surface area contributed by atoms with Crippen molar-refractivity contribution < 1.29 is 13.5 Å². The minimum atomic E-state index is -0.552. The molecule has 0 fully saturated rings. The zero-order valence-corrected chi connectivity index (χ0v) is 11.7. The lowest BCUT2D eigenvalue weighted by molar-refractivity contribution is 0.386. The van der Waals surface area contributed by atoms with Gasteiger partial charge in [0.1, 0.15) is 16.5 Å². The molecule has 0 saturated carbocycles. The zero-order valence-electron chi connectivity index (χ0n) is 10.9. The predicted molar refractivity (Wildman–Crippen MR) is 76.5 cm³/mol. The second-order valence-electron chi connectivity index (χ2n) is 4.32. The van der Waals surface area contributed by atoms with Gasteiger partial charge in [-0.1, -0.05) is 17.7 Å². The van der Waals surface area contributed by atoms with E-state index in [0.29, 0.717) is 10.9 Å². The van der Waals surface area contributed by atoms with Crippen molar-refractivity contribution in [3.05, 3.63) is 53.2 Å². The Labute approximate surface area is 124 Å². The first-order valence-corrected chi connectivity index (χ1v) is 6.43. The second-order valence-corrected chi connectivity index (χ2v) is 4.68. The minimum Gasteiger partial charge on any atom is -0.494 e. The summed E-state index contributed by atoms with van der Waals surface area (Å²) in [5.41, 5.74) is 0.490. The van der Waals surface area contributed by atoms with Crippen molar-refractivity contribution in [2.45, 2.75) is 0 Å². The number of aromatic nitrogens is 2. The van der Waals surface area contributed by atoms with Gasteiger partial charge in [-0.05, 0) is 30.3 Å². The minimum absolute atomic E-state index is 0.101. The van der Waals surface area contributed by atoms with Gasteiger partial charge in [-0.2, -0.15) is 0 Å². The highest BCUT2D eigenvalue weighted by atomic mass is 35.5. The van der Waals surface area contributed by atoms with E-state index in [-0.39, 0.29) is 22.2 Å². The van der Waals surface area contributed by atoms with E-state index in [0.717, 1.165) is 0 Å². The summed E-state index contributed by atoms with van der Waals surface area (Å²) < 4.78 is 32.4. The van der Waals surface area contributed by atoms with Gasteiger partial charge in [-0.25, -0.2) is 18.7 Å². The maximum atomic E-state index is 13.8. The van der Waals surface area contributed by atoms with Crippen LogP contribution in [0.1, 0.15) is 0 Å². The van der Waals surface area contributed by atoms with Crippen LogP contribution in [0.3, 0.4) is 0 Å². The van der Waals surface area contributed by atoms with Gasteiger partial charge >= 0.3 is 0 Å². The van der Waals surface area contributed by atoms with Crippen molar-refractivity contribution in [2.75, 3.05) is 7.11 Å². The van der Waals surface area contributed by atoms with Crippen molar-refractivity contribution in [1.82, 2.24) is 9.97 Å². The van der Waals surface area contributed by atoms with Gasteiger partial charge < -0.3 is 4.74 Å². The fraction of sp³-hybridized carbons (Fsp3) is 0.0667. The van der Waals surface area contributed by atoms with Crippen LogP contribution in [-0.4, -0.2) is 17.1 Å². The molecular weight excluding hydrogens is 298 g/mol. The highest BCUT2D eigenvalue weighted by molar-refractivity contribution is 6.34. The van der Waals surface area contributed by atoms with Crippen LogP contribution >= 0.6 is 11.6 Å². The molecule has 1 aromatic heterocycles. The molecule has 0 amide bonds. The standard InChI is InChI=1S/C15H9ClF2N2O/c1-21-12-6-5-8(7-11(12)18)15-19-13-9(14(16)20-15)3-2-4-10(13)17/h2-7H,1H3. The maximum Gasteiger partial charge on any atom is 0.165 e. The van der Waals surface area contributed by atoms with E-state index in [1.165, 1.54) is 31.4 Å². The highest BCUT2D eigenvalue weighted by Gasteiger charge is 2.12. The number of rotatable bonds is 2. The first-order chi connectivity index (χ1) is 10.1. The summed E-state index contributed by atoms with van der Waals surface area (Å²) in [5.74, 6) is -0.800. The normalized spacial score (nSPS) is 10.9. The Morgan fingerprint density at radius 3 is 2.57 bits per heavy atom. The topological polar surface area (TPSA) is 35.0 Å². The molecule has 0 atom stereocenters. The summed E-state index contributed by atoms with van der Waals surface area (Å²) in [5, 5.41) is 0.528. The molecule has 3 aromatic rings. The lowest BCUT2D eigenvalue weighted by atomic mass is 10.1. The van der Waals surface area contributed by atoms with Gasteiger partial charge in [0.25, 0.3) is 0 Å². The maximum absolute atomic E-state index is 13.8. The first kappa shape index (κ1) is 13.7. The molecule has 0 aliphatic rings. The van der Waals surface area contributed by atoms with Gasteiger partial charge in [-0.3, -0.25) is 0 Å². The molecule has 0 spiro atoms. The summed E-state index contributed by atoms with van der Waals surface area (Å²) in [4.78, 5) is 8.21. The first-order valence-electron chi connectivity index (χ1n) is 6.06. The fourth-order valence-corrected chi connectivity index (χ4v) is 2.25. The van der Waals surface area contributed by atoms with Crippen molar-refractivity contribution in [1.29, 1.82) is 0 Å². The number of para-hydroxylation sites is 1. The van der Waals surface area contributed by atoms with Gasteiger partial charge in [0, 0.05) is 10.9 Å². The number of ether oxygens (including phenoxy) is 1. The van der Waals surface area contributed by atoms with E-state index in [1.807, 2.05) is 0 Å². The number of nitrogens with zero attached hydrogens (tertiary/aromatic N) is 2. The van der Waals surface area contributed by atoms with Crippen molar-refractivity contribution in [3.8, 4) is 17.1 Å². The van der Waals surface area contributed by atoms with Crippen molar-refractivity contribution >= 4 is 22.5 Å². The number of hydrogen-bond donors (Lipinski definition) is 0. The van der Waals surface area contributed by atoms with Crippen LogP contribution in [0, 0.1) is 11.6 Å². The Balaban J connectivity index is 2.21. The molecule has 3 nitrogen and oxygen atoms in total. The molecule has 0 unspecified atom stereocenters. The van der Waals surface area contributed by atoms with E-state index in [4.69, 9.17) is 16.3 Å². The smallest absolute Gasteiger partial charge is 0.165 e. The average molecular weight is 307 g/mol. The Hall–Kier alpha value is -2.27. The highest BCUT2D eigenvalue weighted by Crippen LogP contribution is 2.28. The molecule has 2 aromatic carbocycles. The Bertz CT molecular complexity index is 839. The molecule has 1 heterocycles. The number of fused-ring (bicyclic) bond motifs is 1. The lowest BCUT2D eigenvalue weighted by Gasteiger charge is -2.07. The van der Waals surface area contributed by atoms with Gasteiger partial charge in [0.15, 0.2) is 17.4 Å². The molecule has 6 heteroatoms. The zero-order chi connectivity index (χ0) is 15.0. The quantitative estimate of drug-likeness (QED) is 0.664. The number of benzene rings is 2. The van der Waals surface area contributed by atoms with Crippen LogP contribution in [0.2, 0.25) is 5.15 Å². The SMILES string of the molecule is COc1ccc(-c2nc(Cl)c3cccc(F)c3n2)cc1F. The van der Waals surface area contributed by atoms with Gasteiger partial charge in [0.05, 0.1) is 7.11 Å². The van der Waals surface area contributed by atoms with Gasteiger partial charge in [0.2, 0.25) is 0 Å². The third-order valence-corrected chi connectivity index (χ3v) is 3.33. The van der Waals surface area contributed by atoms with Crippen LogP contribution in [-0.2, 0) is 0 Å². The van der Waals surface area contributed by atoms with E-state index in [2.05, 4.69) is 9.97 Å². The van der Waals surface area contributed by atoms with E-state index in [1.54, 1.807) is 12.1 Å². The summed E-state index contributed by atoms with van der Waals surface area (Å²) in [6.07, 6.45) is 0. The largest absolute Gasteiger partial charge is 0.494 e. The number of halogens is 3. The Morgan fingerprint density at radius 2 is 1.86 bits per heavy atom. The average Bonchev–Trinajstić information content (AvgIpc) is 2.48. The summed E-state index contributed by atoms with van der Waals surface area (Å²) in [6.45, 7) is 0. The lowest BCUT2D eigenvalue weighted by Crippen LogP contribution is -1.95. The molecule has 21 heavy (non-hydrogen) atoms. The molecule has 0 saturated heterocycles. The molecule has 0 aliphatic carbocycles. The fourth-order valence-electron chi connectivity index (χ4n) is 2.01. The molecule has 0 N–H and O–H groups in total. The monoisotopic (exact) mass is 306 g/mol. The number of hydrogen-bond acceptors (Lipinski definition) is 3. The molecule has 0 bridgehead atoms. The van der Waals surface area contributed by atoms with Crippen LogP contribution in [0.4, 0.5) is 8.78 Å². The molecular formula is C15H9ClF2N2O. The summed E-state index contributed by atoms with van der Waals surface area (Å²) in [6, 6.07) is 8.69. The van der Waals surface area contributed by atoms with Gasteiger partial charge in [-0.15, -0.1) is 0 Å². The number of methoxy groups -OCH3 is 1. The van der Waals surface area contributed by atoms with E-state index in [9.17, 15) is 8.78 Å². The molecule has 0 radical (unpaired) electrons. The Kier molecular flexibility index (Phi) is 3.43. The molecule has 0 aliphatic heterocycles. The van der Waals surface area contributed by atoms with Crippen LogP contribution in [0.15, 0.2) is 36.4 Å². The van der Waals surface area contributed by atoms with Crippen molar-refractivity contribution in [2.24, 2.45) is 0 Å². The van der Waals surface area contributed by atoms with E-state index < -0.39 is 11.6 Å². The summed E-state index contributed by atoms with van der Waals surface area (Å²) >= 11 is 6.05. The van der Waals surface area contributed by atoms with Crippen molar-refractivity contribution in [3.63, 3.8) is 0 Å². The third-order valence-electron chi connectivity index (χ3n) is 3.04. The second kappa shape index (κ2) is 5.26. The Morgan fingerprint density at radius 1 is 1.05 bits per heavy atom. The van der Waals surface area contributed by atoms with Crippen LogP contribution < -0.4 is 4.74 Å². The predicted octanol–water partition coefficient (Wildman–Crippen LogP) is 4.24.